The Hall–Kier alpha value is -6.12. The third kappa shape index (κ3) is 8.09. The summed E-state index contributed by atoms with van der Waals surface area (Å²) in [6.07, 6.45) is 2.39. The molecule has 0 aliphatic carbocycles. The maximum Gasteiger partial charge on any atom is 0.407 e. The van der Waals surface area contributed by atoms with Crippen LogP contribution in [-0.2, 0) is 38.8 Å². The lowest BCUT2D eigenvalue weighted by atomic mass is 9.92. The van der Waals surface area contributed by atoms with Crippen LogP contribution in [0.5, 0.6) is 5.75 Å². The van der Waals surface area contributed by atoms with Crippen molar-refractivity contribution < 1.29 is 33.4 Å². The molecule has 2 aromatic heterocycles. The number of fused-ring (bicyclic) bond motifs is 6. The van der Waals surface area contributed by atoms with Gasteiger partial charge in [-0.05, 0) is 65.6 Å². The molecule has 3 heterocycles. The molecule has 6 rings (SSSR count). The summed E-state index contributed by atoms with van der Waals surface area (Å²) in [5, 5.41) is 7.05. The molecule has 1 aliphatic rings. The monoisotopic (exact) mass is 738 g/mol. The molecule has 54 heavy (non-hydrogen) atoms. The summed E-state index contributed by atoms with van der Waals surface area (Å²) in [4.78, 5) is 69.0. The van der Waals surface area contributed by atoms with Gasteiger partial charge in [-0.2, -0.15) is 0 Å². The van der Waals surface area contributed by atoms with Crippen molar-refractivity contribution in [3.05, 3.63) is 65.9 Å². The van der Waals surface area contributed by atoms with Crippen molar-refractivity contribution in [1.29, 1.82) is 0 Å². The molecule has 1 aliphatic heterocycles. The van der Waals surface area contributed by atoms with Gasteiger partial charge in [0.1, 0.15) is 36.6 Å². The molecule has 0 saturated heterocycles. The second kappa shape index (κ2) is 16.7. The number of imidazole rings is 2. The molecule has 5 aromatic rings. The van der Waals surface area contributed by atoms with Gasteiger partial charge in [0.25, 0.3) is 0 Å². The lowest BCUT2D eigenvalue weighted by Gasteiger charge is -2.26. The van der Waals surface area contributed by atoms with Crippen LogP contribution in [0, 0.1) is 0 Å². The Balaban J connectivity index is 1.21. The molecule has 1 atom stereocenters. The van der Waals surface area contributed by atoms with Crippen LogP contribution in [0.25, 0.3) is 44.2 Å². The fraction of sp³-hybridized carbons (Fsp3) is 0.385. The quantitative estimate of drug-likeness (QED) is 0.112. The number of carbonyl (C=O) groups is 4. The van der Waals surface area contributed by atoms with E-state index >= 15 is 0 Å². The number of alkyl carbamates (subject to hydrolysis) is 2. The zero-order valence-corrected chi connectivity index (χ0v) is 31.2. The van der Waals surface area contributed by atoms with Crippen molar-refractivity contribution in [3.63, 3.8) is 0 Å². The van der Waals surface area contributed by atoms with Crippen molar-refractivity contribution in [2.75, 3.05) is 33.9 Å². The summed E-state index contributed by atoms with van der Waals surface area (Å²) < 4.78 is 15.6. The van der Waals surface area contributed by atoms with Gasteiger partial charge in [0.05, 0.1) is 50.2 Å². The number of H-pyrrole nitrogens is 2. The molecular weight excluding hydrogens is 692 g/mol. The van der Waals surface area contributed by atoms with E-state index in [0.717, 1.165) is 68.3 Å². The Morgan fingerprint density at radius 2 is 1.65 bits per heavy atom. The number of ether oxygens (including phenoxy) is 3. The second-order valence-electron chi connectivity index (χ2n) is 13.1. The van der Waals surface area contributed by atoms with Gasteiger partial charge in [0.15, 0.2) is 0 Å². The minimum absolute atomic E-state index is 0.159. The Bertz CT molecular complexity index is 2180. The van der Waals surface area contributed by atoms with E-state index in [4.69, 9.17) is 14.5 Å². The van der Waals surface area contributed by atoms with Crippen LogP contribution in [0.3, 0.4) is 0 Å². The van der Waals surface area contributed by atoms with E-state index in [0.29, 0.717) is 37.8 Å². The molecule has 15 nitrogen and oxygen atoms in total. The molecule has 0 saturated carbocycles. The van der Waals surface area contributed by atoms with E-state index < -0.39 is 18.2 Å². The normalized spacial score (nSPS) is 12.3. The van der Waals surface area contributed by atoms with E-state index in [1.165, 1.54) is 14.2 Å². The number of nitrogens with one attached hydrogen (secondary N) is 4. The van der Waals surface area contributed by atoms with Crippen molar-refractivity contribution in [3.8, 4) is 28.1 Å². The smallest absolute Gasteiger partial charge is 0.407 e. The predicted molar refractivity (Wildman–Crippen MR) is 202 cm³/mol. The second-order valence-corrected chi connectivity index (χ2v) is 13.1. The van der Waals surface area contributed by atoms with Gasteiger partial charge in [-0.3, -0.25) is 9.59 Å². The van der Waals surface area contributed by atoms with Crippen LogP contribution < -0.4 is 15.4 Å². The topological polar surface area (TPSA) is 184 Å². The molecule has 4 N–H and O–H groups in total. The average molecular weight is 739 g/mol. The van der Waals surface area contributed by atoms with Crippen LogP contribution in [0.15, 0.2) is 48.7 Å². The number of nitrogens with zero attached hydrogens (tertiary/aromatic N) is 4. The highest BCUT2D eigenvalue weighted by Gasteiger charge is 2.26. The highest BCUT2D eigenvalue weighted by Crippen LogP contribution is 2.42. The average Bonchev–Trinajstić information content (AvgIpc) is 3.84. The first kappa shape index (κ1) is 37.6. The zero-order chi connectivity index (χ0) is 38.4. The molecule has 0 unspecified atom stereocenters. The van der Waals surface area contributed by atoms with Crippen LogP contribution in [-0.4, -0.2) is 93.6 Å². The van der Waals surface area contributed by atoms with Crippen LogP contribution in [0.1, 0.15) is 57.2 Å². The number of rotatable bonds is 14. The number of methoxy groups -OCH3 is 2. The number of aromatic amines is 2. The fourth-order valence-corrected chi connectivity index (χ4v) is 6.73. The maximum atomic E-state index is 13.4. The summed E-state index contributed by atoms with van der Waals surface area (Å²) in [5.74, 6) is 1.62. The fourth-order valence-electron chi connectivity index (χ4n) is 6.73. The molecule has 4 amide bonds. The summed E-state index contributed by atoms with van der Waals surface area (Å²) >= 11 is 0. The first-order valence-corrected chi connectivity index (χ1v) is 18.1. The van der Waals surface area contributed by atoms with Crippen LogP contribution >= 0.6 is 0 Å². The van der Waals surface area contributed by atoms with Gasteiger partial charge in [0, 0.05) is 24.0 Å². The molecule has 0 radical (unpaired) electrons. The van der Waals surface area contributed by atoms with E-state index in [9.17, 15) is 19.2 Å². The van der Waals surface area contributed by atoms with E-state index in [1.807, 2.05) is 45.0 Å². The Kier molecular flexibility index (Phi) is 11.6. The van der Waals surface area contributed by atoms with Crippen molar-refractivity contribution in [2.45, 2.75) is 65.8 Å². The largest absolute Gasteiger partial charge is 0.488 e. The van der Waals surface area contributed by atoms with E-state index in [-0.39, 0.29) is 31.4 Å². The number of benzene rings is 3. The zero-order valence-electron chi connectivity index (χ0n) is 31.2. The Morgan fingerprint density at radius 1 is 0.889 bits per heavy atom. The first-order valence-electron chi connectivity index (χ1n) is 18.1. The highest BCUT2D eigenvalue weighted by molar-refractivity contribution is 6.07. The molecular formula is C39H46N8O7. The van der Waals surface area contributed by atoms with Crippen LogP contribution in [0.4, 0.5) is 9.59 Å². The van der Waals surface area contributed by atoms with E-state index in [1.54, 1.807) is 16.0 Å². The number of hydrogen-bond donors (Lipinski definition) is 4. The van der Waals surface area contributed by atoms with Gasteiger partial charge in [-0.1, -0.05) is 39.0 Å². The molecule has 0 spiro atoms. The maximum absolute atomic E-state index is 13.4. The van der Waals surface area contributed by atoms with Gasteiger partial charge < -0.3 is 44.6 Å². The van der Waals surface area contributed by atoms with Crippen molar-refractivity contribution >= 4 is 45.8 Å². The Morgan fingerprint density at radius 3 is 2.39 bits per heavy atom. The molecule has 284 valence electrons. The third-order valence-electron chi connectivity index (χ3n) is 9.43. The van der Waals surface area contributed by atoms with Gasteiger partial charge in [0.2, 0.25) is 11.8 Å². The highest BCUT2D eigenvalue weighted by atomic mass is 16.5. The third-order valence-corrected chi connectivity index (χ3v) is 9.43. The summed E-state index contributed by atoms with van der Waals surface area (Å²) in [6.45, 7) is 7.62. The van der Waals surface area contributed by atoms with Crippen LogP contribution in [0.2, 0.25) is 0 Å². The summed E-state index contributed by atoms with van der Waals surface area (Å²) in [5.41, 5.74) is 6.48. The standard InChI is InChI=1S/C39H46N8O7/c1-6-13-46(35(48)19-41-38(50)52-4)20-33-40-18-31(43-33)24-9-11-26-25(15-24)22-54-32-17-27-23(16-28(26)32)10-12-30-36(27)45-34(42-30)21-47(14-7-2)37(49)29(8-3)44-39(51)53-5/h9-12,15-18,29H,6-8,13-14,19-22H2,1-5H3,(H,40,43)(H,41,50)(H,42,45)(H,44,51)/t29-/m0/s1. The minimum Gasteiger partial charge on any atom is -0.488 e. The molecule has 0 bridgehead atoms. The molecule has 15 heteroatoms. The summed E-state index contributed by atoms with van der Waals surface area (Å²) in [7, 11) is 2.53. The van der Waals surface area contributed by atoms with Gasteiger partial charge >= 0.3 is 12.2 Å². The molecule has 3 aromatic carbocycles. The SMILES string of the molecule is CCCN(Cc1ncc(-c2ccc3c(c2)COc2cc4c(ccc5nc(CN(CCC)C(=O)[C@H](CC)NC(=O)OC)[nH]c54)cc2-3)[nH]1)C(=O)CNC(=O)OC. The Labute approximate surface area is 312 Å². The van der Waals surface area contributed by atoms with Crippen molar-refractivity contribution in [2.24, 2.45) is 0 Å². The molecule has 0 fully saturated rings. The van der Waals surface area contributed by atoms with Gasteiger partial charge in [-0.15, -0.1) is 0 Å². The van der Waals surface area contributed by atoms with Gasteiger partial charge in [-0.25, -0.2) is 19.6 Å². The van der Waals surface area contributed by atoms with Crippen molar-refractivity contribution in [1.82, 2.24) is 40.4 Å². The predicted octanol–water partition coefficient (Wildman–Crippen LogP) is 5.63. The number of hydrogen-bond acceptors (Lipinski definition) is 9. The lowest BCUT2D eigenvalue weighted by molar-refractivity contribution is -0.134. The number of amides is 4. The first-order chi connectivity index (χ1) is 26.2. The van der Waals surface area contributed by atoms with E-state index in [2.05, 4.69) is 48.5 Å². The summed E-state index contributed by atoms with van der Waals surface area (Å²) in [6, 6.07) is 13.7. The number of aromatic nitrogens is 4. The minimum atomic E-state index is -0.698. The lowest BCUT2D eigenvalue weighted by Crippen LogP contribution is -2.48. The number of carbonyl (C=O) groups excluding carboxylic acids is 4.